The molecule has 0 atom stereocenters. The fourth-order valence-electron chi connectivity index (χ4n) is 2.08. The fourth-order valence-corrected chi connectivity index (χ4v) is 2.78. The number of benzene rings is 2. The summed E-state index contributed by atoms with van der Waals surface area (Å²) in [6.45, 7) is 2.45. The molecule has 0 unspecified atom stereocenters. The van der Waals surface area contributed by atoms with E-state index in [9.17, 15) is 5.26 Å². The van der Waals surface area contributed by atoms with Gasteiger partial charge in [-0.3, -0.25) is 0 Å². The van der Waals surface area contributed by atoms with Gasteiger partial charge in [0.05, 0.1) is 29.8 Å². The Labute approximate surface area is 149 Å². The molecular weight excluding hydrogens is 378 g/mol. The summed E-state index contributed by atoms with van der Waals surface area (Å²) in [6, 6.07) is 13.1. The second kappa shape index (κ2) is 8.05. The summed E-state index contributed by atoms with van der Waals surface area (Å²) in [5, 5.41) is 10.1. The Kier molecular flexibility index (Phi) is 6.09. The van der Waals surface area contributed by atoms with Gasteiger partial charge in [-0.25, -0.2) is 0 Å². The Morgan fingerprint density at radius 1 is 1.30 bits per heavy atom. The minimum absolute atomic E-state index is 0.540. The Morgan fingerprint density at radius 2 is 2.00 bits per heavy atom. The smallest absolute Gasteiger partial charge is 0.175 e. The van der Waals surface area contributed by atoms with E-state index in [4.69, 9.17) is 21.1 Å². The van der Waals surface area contributed by atoms with Crippen molar-refractivity contribution in [3.05, 3.63) is 57.0 Å². The third-order valence-electron chi connectivity index (χ3n) is 3.13. The molecule has 0 N–H and O–H groups in total. The normalized spacial score (nSPS) is 11.0. The molecule has 0 aliphatic carbocycles. The van der Waals surface area contributed by atoms with E-state index in [1.165, 1.54) is 0 Å². The molecule has 0 saturated heterocycles. The molecule has 0 aliphatic heterocycles. The Bertz CT molecular complexity index is 764. The van der Waals surface area contributed by atoms with Crippen LogP contribution in [0, 0.1) is 11.3 Å². The molecule has 3 nitrogen and oxygen atoms in total. The molecule has 0 amide bonds. The van der Waals surface area contributed by atoms with Crippen LogP contribution in [0.1, 0.15) is 18.1 Å². The van der Waals surface area contributed by atoms with Crippen LogP contribution in [-0.4, -0.2) is 13.7 Å². The van der Waals surface area contributed by atoms with E-state index in [0.29, 0.717) is 28.7 Å². The minimum Gasteiger partial charge on any atom is -0.493 e. The highest BCUT2D eigenvalue weighted by Crippen LogP contribution is 2.37. The van der Waals surface area contributed by atoms with Crippen molar-refractivity contribution in [3.63, 3.8) is 0 Å². The predicted octanol–water partition coefficient (Wildman–Crippen LogP) is 5.57. The zero-order chi connectivity index (χ0) is 16.8. The number of hydrogen-bond acceptors (Lipinski definition) is 3. The average molecular weight is 393 g/mol. The molecule has 2 aromatic rings. The van der Waals surface area contributed by atoms with Gasteiger partial charge in [0.1, 0.15) is 0 Å². The van der Waals surface area contributed by atoms with Gasteiger partial charge < -0.3 is 9.47 Å². The molecule has 0 bridgehead atoms. The van der Waals surface area contributed by atoms with Crippen molar-refractivity contribution in [1.82, 2.24) is 0 Å². The first-order valence-corrected chi connectivity index (χ1v) is 8.14. The molecule has 0 radical (unpaired) electrons. The lowest BCUT2D eigenvalue weighted by molar-refractivity contribution is 0.309. The first-order chi connectivity index (χ1) is 11.1. The molecule has 0 saturated carbocycles. The number of allylic oxidation sites excluding steroid dienone is 1. The van der Waals surface area contributed by atoms with Gasteiger partial charge in [0.25, 0.3) is 0 Å². The van der Waals surface area contributed by atoms with Crippen molar-refractivity contribution >= 4 is 39.2 Å². The lowest BCUT2D eigenvalue weighted by atomic mass is 10.0. The number of methoxy groups -OCH3 is 1. The summed E-state index contributed by atoms with van der Waals surface area (Å²) in [5.74, 6) is 1.26. The zero-order valence-electron chi connectivity index (χ0n) is 12.8. The van der Waals surface area contributed by atoms with Crippen LogP contribution >= 0.6 is 27.5 Å². The summed E-state index contributed by atoms with van der Waals surface area (Å²) in [6.07, 6.45) is 1.80. The summed E-state index contributed by atoms with van der Waals surface area (Å²) < 4.78 is 11.7. The van der Waals surface area contributed by atoms with Gasteiger partial charge in [-0.05, 0) is 64.3 Å². The van der Waals surface area contributed by atoms with Crippen LogP contribution in [0.2, 0.25) is 5.02 Å². The van der Waals surface area contributed by atoms with Crippen LogP contribution in [0.15, 0.2) is 40.9 Å². The van der Waals surface area contributed by atoms with Gasteiger partial charge >= 0.3 is 0 Å². The SMILES string of the molecule is CCOc1c(Br)cc(/C=C(/C#N)c2ccc(Cl)cc2)cc1OC. The van der Waals surface area contributed by atoms with Crippen molar-refractivity contribution in [2.75, 3.05) is 13.7 Å². The van der Waals surface area contributed by atoms with Crippen molar-refractivity contribution in [2.45, 2.75) is 6.92 Å². The molecule has 2 rings (SSSR count). The van der Waals surface area contributed by atoms with E-state index in [-0.39, 0.29) is 0 Å². The first-order valence-electron chi connectivity index (χ1n) is 6.97. The number of nitrogens with zero attached hydrogens (tertiary/aromatic N) is 1. The van der Waals surface area contributed by atoms with Crippen LogP contribution in [-0.2, 0) is 0 Å². The van der Waals surface area contributed by atoms with Gasteiger partial charge in [-0.2, -0.15) is 5.26 Å². The third-order valence-corrected chi connectivity index (χ3v) is 3.97. The quantitative estimate of drug-likeness (QED) is 0.493. The summed E-state index contributed by atoms with van der Waals surface area (Å²) >= 11 is 9.37. The van der Waals surface area contributed by atoms with E-state index >= 15 is 0 Å². The summed E-state index contributed by atoms with van der Waals surface area (Å²) in [7, 11) is 1.59. The molecular formula is C18H15BrClNO2. The van der Waals surface area contributed by atoms with Crippen LogP contribution in [0.25, 0.3) is 11.6 Å². The molecule has 2 aromatic carbocycles. The topological polar surface area (TPSA) is 42.2 Å². The van der Waals surface area contributed by atoms with Gasteiger partial charge in [-0.15, -0.1) is 0 Å². The van der Waals surface area contributed by atoms with Crippen molar-refractivity contribution in [3.8, 4) is 17.6 Å². The number of rotatable bonds is 5. The number of nitriles is 1. The average Bonchev–Trinajstić information content (AvgIpc) is 2.55. The lowest BCUT2D eigenvalue weighted by Gasteiger charge is -2.12. The highest BCUT2D eigenvalue weighted by Gasteiger charge is 2.11. The van der Waals surface area contributed by atoms with Crippen molar-refractivity contribution in [2.24, 2.45) is 0 Å². The van der Waals surface area contributed by atoms with Gasteiger partial charge in [0.2, 0.25) is 0 Å². The maximum absolute atomic E-state index is 9.43. The van der Waals surface area contributed by atoms with Crippen molar-refractivity contribution < 1.29 is 9.47 Å². The second-order valence-corrected chi connectivity index (χ2v) is 5.93. The predicted molar refractivity (Wildman–Crippen MR) is 96.8 cm³/mol. The first kappa shape index (κ1) is 17.4. The molecule has 0 aromatic heterocycles. The van der Waals surface area contributed by atoms with Crippen LogP contribution in [0.3, 0.4) is 0 Å². The van der Waals surface area contributed by atoms with Gasteiger partial charge in [-0.1, -0.05) is 23.7 Å². The zero-order valence-corrected chi connectivity index (χ0v) is 15.1. The molecule has 23 heavy (non-hydrogen) atoms. The Hall–Kier alpha value is -1.96. The number of halogens is 2. The molecule has 0 aliphatic rings. The van der Waals surface area contributed by atoms with Crippen molar-refractivity contribution in [1.29, 1.82) is 5.26 Å². The summed E-state index contributed by atoms with van der Waals surface area (Å²) in [5.41, 5.74) is 2.18. The standard InChI is InChI=1S/C18H15BrClNO2/c1-3-23-18-16(19)9-12(10-17(18)22-2)8-14(11-21)13-4-6-15(20)7-5-13/h4-10H,3H2,1-2H3/b14-8-. The van der Waals surface area contributed by atoms with Crippen LogP contribution in [0.5, 0.6) is 11.5 Å². The number of hydrogen-bond donors (Lipinski definition) is 0. The van der Waals surface area contributed by atoms with E-state index in [1.807, 2.05) is 31.2 Å². The lowest BCUT2D eigenvalue weighted by Crippen LogP contribution is -1.97. The minimum atomic E-state index is 0.540. The Balaban J connectivity index is 2.46. The molecule has 0 spiro atoms. The largest absolute Gasteiger partial charge is 0.493 e. The maximum atomic E-state index is 9.43. The molecule has 0 fully saturated rings. The van der Waals surface area contributed by atoms with E-state index in [2.05, 4.69) is 22.0 Å². The van der Waals surface area contributed by atoms with E-state index < -0.39 is 0 Å². The van der Waals surface area contributed by atoms with Crippen LogP contribution < -0.4 is 9.47 Å². The maximum Gasteiger partial charge on any atom is 0.175 e. The highest BCUT2D eigenvalue weighted by molar-refractivity contribution is 9.10. The fraction of sp³-hybridized carbons (Fsp3) is 0.167. The van der Waals surface area contributed by atoms with Crippen LogP contribution in [0.4, 0.5) is 0 Å². The van der Waals surface area contributed by atoms with E-state index in [1.54, 1.807) is 25.3 Å². The molecule has 0 heterocycles. The summed E-state index contributed by atoms with van der Waals surface area (Å²) in [4.78, 5) is 0. The monoisotopic (exact) mass is 391 g/mol. The molecule has 5 heteroatoms. The second-order valence-electron chi connectivity index (χ2n) is 4.64. The Morgan fingerprint density at radius 3 is 2.57 bits per heavy atom. The van der Waals surface area contributed by atoms with E-state index in [0.717, 1.165) is 15.6 Å². The number of ether oxygens (including phenoxy) is 2. The molecule has 118 valence electrons. The highest BCUT2D eigenvalue weighted by atomic mass is 79.9. The van der Waals surface area contributed by atoms with Gasteiger partial charge in [0, 0.05) is 5.02 Å². The third kappa shape index (κ3) is 4.28. The van der Waals surface area contributed by atoms with Gasteiger partial charge in [0.15, 0.2) is 11.5 Å².